The van der Waals surface area contributed by atoms with E-state index in [0.29, 0.717) is 19.1 Å². The average Bonchev–Trinajstić information content (AvgIpc) is 3.04. The molecule has 120 valence electrons. The first-order valence-electron chi connectivity index (χ1n) is 8.49. The Labute approximate surface area is 128 Å². The van der Waals surface area contributed by atoms with Crippen LogP contribution >= 0.6 is 0 Å². The molecule has 2 atom stereocenters. The minimum atomic E-state index is -0.00909. The molecule has 3 fully saturated rings. The van der Waals surface area contributed by atoms with E-state index in [-0.39, 0.29) is 11.5 Å². The van der Waals surface area contributed by atoms with Gasteiger partial charge in [0.2, 0.25) is 0 Å². The van der Waals surface area contributed by atoms with Crippen molar-refractivity contribution >= 4 is 5.97 Å². The third-order valence-electron chi connectivity index (χ3n) is 5.70. The summed E-state index contributed by atoms with van der Waals surface area (Å²) in [6, 6.07) is 0.560. The third-order valence-corrected chi connectivity index (χ3v) is 5.70. The second-order valence-electron chi connectivity index (χ2n) is 6.82. The minimum Gasteiger partial charge on any atom is -0.466 e. The van der Waals surface area contributed by atoms with Crippen LogP contribution in [0.3, 0.4) is 0 Å². The number of piperazine rings is 1. The van der Waals surface area contributed by atoms with E-state index in [1.807, 2.05) is 6.92 Å². The fourth-order valence-electron chi connectivity index (χ4n) is 4.61. The number of ether oxygens (including phenoxy) is 1. The zero-order valence-electron chi connectivity index (χ0n) is 13.5. The van der Waals surface area contributed by atoms with Crippen LogP contribution in [0.4, 0.5) is 0 Å². The molecule has 0 bridgehead atoms. The number of carbonyl (C=O) groups is 1. The lowest BCUT2D eigenvalue weighted by atomic mass is 9.83. The minimum absolute atomic E-state index is 0.00909. The van der Waals surface area contributed by atoms with Gasteiger partial charge in [-0.15, -0.1) is 0 Å². The van der Waals surface area contributed by atoms with E-state index in [1.54, 1.807) is 0 Å². The number of hydrogen-bond acceptors (Lipinski definition) is 5. The molecule has 5 heteroatoms. The molecule has 2 unspecified atom stereocenters. The van der Waals surface area contributed by atoms with Crippen LogP contribution in [-0.4, -0.2) is 85.2 Å². The van der Waals surface area contributed by atoms with Gasteiger partial charge in [0.15, 0.2) is 0 Å². The topological polar surface area (TPSA) is 36.0 Å². The normalized spacial score (nSPS) is 35.0. The van der Waals surface area contributed by atoms with Gasteiger partial charge in [0, 0.05) is 44.3 Å². The van der Waals surface area contributed by atoms with Crippen LogP contribution in [0, 0.1) is 0 Å². The van der Waals surface area contributed by atoms with E-state index < -0.39 is 0 Å². The number of carbonyl (C=O) groups excluding carboxylic acids is 1. The number of hydrogen-bond donors (Lipinski definition) is 0. The van der Waals surface area contributed by atoms with Gasteiger partial charge in [-0.1, -0.05) is 0 Å². The van der Waals surface area contributed by atoms with E-state index >= 15 is 0 Å². The average molecular weight is 295 g/mol. The summed E-state index contributed by atoms with van der Waals surface area (Å²) < 4.78 is 5.29. The molecule has 0 aliphatic carbocycles. The molecule has 3 heterocycles. The van der Waals surface area contributed by atoms with Gasteiger partial charge < -0.3 is 9.64 Å². The molecule has 0 spiro atoms. The summed E-state index contributed by atoms with van der Waals surface area (Å²) in [5.74, 6) is -0.00909. The Kier molecular flexibility index (Phi) is 4.52. The number of likely N-dealkylation sites (N-methyl/N-ethyl adjacent to an activating group) is 1. The first-order valence-corrected chi connectivity index (χ1v) is 8.49. The van der Waals surface area contributed by atoms with Crippen LogP contribution < -0.4 is 0 Å². The van der Waals surface area contributed by atoms with E-state index in [9.17, 15) is 4.79 Å². The van der Waals surface area contributed by atoms with Gasteiger partial charge in [-0.25, -0.2) is 0 Å². The molecule has 21 heavy (non-hydrogen) atoms. The predicted octanol–water partition coefficient (Wildman–Crippen LogP) is 0.794. The van der Waals surface area contributed by atoms with Gasteiger partial charge in [0.25, 0.3) is 0 Å². The molecule has 0 amide bonds. The van der Waals surface area contributed by atoms with E-state index in [1.165, 1.54) is 19.4 Å². The Bertz CT molecular complexity index is 382. The van der Waals surface area contributed by atoms with E-state index in [2.05, 4.69) is 21.7 Å². The summed E-state index contributed by atoms with van der Waals surface area (Å²) in [5.41, 5.74) is 0.0318. The van der Waals surface area contributed by atoms with Crippen LogP contribution in [0.2, 0.25) is 0 Å². The van der Waals surface area contributed by atoms with Crippen LogP contribution in [0.15, 0.2) is 0 Å². The summed E-state index contributed by atoms with van der Waals surface area (Å²) in [7, 11) is 2.19. The highest BCUT2D eigenvalue weighted by atomic mass is 16.5. The van der Waals surface area contributed by atoms with Crippen molar-refractivity contribution in [3.05, 3.63) is 0 Å². The predicted molar refractivity (Wildman–Crippen MR) is 82.3 cm³/mol. The Morgan fingerprint density at radius 3 is 2.67 bits per heavy atom. The van der Waals surface area contributed by atoms with Crippen molar-refractivity contribution in [2.45, 2.75) is 44.2 Å². The highest BCUT2D eigenvalue weighted by molar-refractivity contribution is 5.71. The van der Waals surface area contributed by atoms with Gasteiger partial charge in [-0.2, -0.15) is 0 Å². The van der Waals surface area contributed by atoms with Crippen molar-refractivity contribution in [2.24, 2.45) is 0 Å². The summed E-state index contributed by atoms with van der Waals surface area (Å²) in [6.07, 6.45) is 4.22. The molecule has 0 aromatic carbocycles. The maximum absolute atomic E-state index is 12.2. The second kappa shape index (κ2) is 6.23. The summed E-state index contributed by atoms with van der Waals surface area (Å²) in [4.78, 5) is 19.8. The van der Waals surface area contributed by atoms with E-state index in [0.717, 1.165) is 39.1 Å². The fraction of sp³-hybridized carbons (Fsp3) is 0.938. The van der Waals surface area contributed by atoms with Crippen molar-refractivity contribution in [3.63, 3.8) is 0 Å². The fourth-order valence-corrected chi connectivity index (χ4v) is 4.61. The number of fused-ring (bicyclic) bond motifs is 1. The first kappa shape index (κ1) is 15.3. The molecule has 3 rings (SSSR count). The van der Waals surface area contributed by atoms with Gasteiger partial charge in [0.05, 0.1) is 13.0 Å². The summed E-state index contributed by atoms with van der Waals surface area (Å²) >= 11 is 0. The molecule has 5 nitrogen and oxygen atoms in total. The van der Waals surface area contributed by atoms with Gasteiger partial charge in [0.1, 0.15) is 0 Å². The van der Waals surface area contributed by atoms with Crippen LogP contribution in [0.25, 0.3) is 0 Å². The Balaban J connectivity index is 1.79. The lowest BCUT2D eigenvalue weighted by molar-refractivity contribution is -0.147. The summed E-state index contributed by atoms with van der Waals surface area (Å²) in [5, 5.41) is 0. The first-order chi connectivity index (χ1) is 10.2. The molecule has 0 saturated carbocycles. The second-order valence-corrected chi connectivity index (χ2v) is 6.82. The summed E-state index contributed by atoms with van der Waals surface area (Å²) in [6.45, 7) is 9.14. The number of esters is 1. The monoisotopic (exact) mass is 295 g/mol. The molecule has 0 aromatic heterocycles. The SMILES string of the molecule is CCOC(=O)CC1(N2CCN(C)CC2)CCN2CCCC21. The maximum Gasteiger partial charge on any atom is 0.307 e. The molecule has 0 radical (unpaired) electrons. The Morgan fingerprint density at radius 1 is 1.19 bits per heavy atom. The van der Waals surface area contributed by atoms with Gasteiger partial charge in [-0.05, 0) is 39.8 Å². The smallest absolute Gasteiger partial charge is 0.307 e. The highest BCUT2D eigenvalue weighted by Gasteiger charge is 2.53. The standard InChI is InChI=1S/C16H29N3O2/c1-3-21-15(20)13-16(19-11-9-17(2)10-12-19)6-8-18-7-4-5-14(16)18/h14H,3-13H2,1-2H3. The van der Waals surface area contributed by atoms with E-state index in [4.69, 9.17) is 4.74 Å². The number of rotatable bonds is 4. The van der Waals surface area contributed by atoms with Gasteiger partial charge in [-0.3, -0.25) is 14.6 Å². The zero-order chi connectivity index (χ0) is 14.9. The molecule has 3 aliphatic rings. The third kappa shape index (κ3) is 2.83. The number of nitrogens with zero attached hydrogens (tertiary/aromatic N) is 3. The van der Waals surface area contributed by atoms with Crippen molar-refractivity contribution in [2.75, 3.05) is 52.9 Å². The van der Waals surface area contributed by atoms with Crippen molar-refractivity contribution in [3.8, 4) is 0 Å². The molecule has 3 saturated heterocycles. The molecule has 3 aliphatic heterocycles. The van der Waals surface area contributed by atoms with Crippen LogP contribution in [0.1, 0.15) is 32.6 Å². The largest absolute Gasteiger partial charge is 0.466 e. The quantitative estimate of drug-likeness (QED) is 0.717. The van der Waals surface area contributed by atoms with Crippen LogP contribution in [-0.2, 0) is 9.53 Å². The van der Waals surface area contributed by atoms with Crippen molar-refractivity contribution in [1.82, 2.24) is 14.7 Å². The zero-order valence-corrected chi connectivity index (χ0v) is 13.5. The van der Waals surface area contributed by atoms with Gasteiger partial charge >= 0.3 is 5.97 Å². The van der Waals surface area contributed by atoms with Crippen LogP contribution in [0.5, 0.6) is 0 Å². The lowest BCUT2D eigenvalue weighted by Gasteiger charge is -2.48. The van der Waals surface area contributed by atoms with Crippen molar-refractivity contribution < 1.29 is 9.53 Å². The molecule has 0 N–H and O–H groups in total. The Morgan fingerprint density at radius 2 is 1.95 bits per heavy atom. The molecule has 0 aromatic rings. The maximum atomic E-state index is 12.2. The lowest BCUT2D eigenvalue weighted by Crippen LogP contribution is -2.61. The molecular formula is C16H29N3O2. The highest BCUT2D eigenvalue weighted by Crippen LogP contribution is 2.43. The Hall–Kier alpha value is -0.650. The molecular weight excluding hydrogens is 266 g/mol. The van der Waals surface area contributed by atoms with Crippen molar-refractivity contribution in [1.29, 1.82) is 0 Å².